The van der Waals surface area contributed by atoms with E-state index in [4.69, 9.17) is 4.74 Å². The first kappa shape index (κ1) is 27.5. The maximum absolute atomic E-state index is 13.0. The van der Waals surface area contributed by atoms with Gasteiger partial charge in [-0.15, -0.1) is 0 Å². The van der Waals surface area contributed by atoms with Gasteiger partial charge in [0, 0.05) is 18.0 Å². The molecule has 0 unspecified atom stereocenters. The van der Waals surface area contributed by atoms with E-state index in [1.54, 1.807) is 6.92 Å². The molecule has 0 saturated heterocycles. The summed E-state index contributed by atoms with van der Waals surface area (Å²) in [5, 5.41) is 16.6. The van der Waals surface area contributed by atoms with Gasteiger partial charge in [0.1, 0.15) is 17.4 Å². The first-order chi connectivity index (χ1) is 17.2. The largest absolute Gasteiger partial charge is 0.437 e. The number of rotatable bonds is 8. The van der Waals surface area contributed by atoms with E-state index in [0.717, 1.165) is 6.26 Å². The van der Waals surface area contributed by atoms with Gasteiger partial charge in [-0.3, -0.25) is 9.78 Å². The van der Waals surface area contributed by atoms with Crippen molar-refractivity contribution in [2.45, 2.75) is 51.3 Å². The quantitative estimate of drug-likeness (QED) is 0.460. The molecule has 37 heavy (non-hydrogen) atoms. The minimum absolute atomic E-state index is 0.00643. The second-order valence-corrected chi connectivity index (χ2v) is 11.0. The fraction of sp³-hybridized carbons (Fsp3) is 0.333. The summed E-state index contributed by atoms with van der Waals surface area (Å²) in [6.45, 7) is 3.95. The topological polar surface area (TPSA) is 136 Å². The minimum Gasteiger partial charge on any atom is -0.437 e. The summed E-state index contributed by atoms with van der Waals surface area (Å²) < 4.78 is 60.6. The molecule has 0 spiro atoms. The molecule has 0 fully saturated rings. The van der Waals surface area contributed by atoms with Crippen molar-refractivity contribution in [3.05, 3.63) is 59.0 Å². The van der Waals surface area contributed by atoms with Crippen LogP contribution < -0.4 is 14.8 Å². The van der Waals surface area contributed by atoms with Crippen LogP contribution in [0.5, 0.6) is 17.4 Å². The zero-order chi connectivity index (χ0) is 27.5. The van der Waals surface area contributed by atoms with Gasteiger partial charge in [-0.1, -0.05) is 6.07 Å². The summed E-state index contributed by atoms with van der Waals surface area (Å²) in [6.07, 6.45) is 2.28. The number of aromatic nitrogens is 3. The Balaban J connectivity index is 1.91. The molecule has 3 aromatic rings. The lowest BCUT2D eigenvalue weighted by atomic mass is 10.1. The van der Waals surface area contributed by atoms with Gasteiger partial charge in [0.15, 0.2) is 21.3 Å². The lowest BCUT2D eigenvalue weighted by Gasteiger charge is -2.22. The Labute approximate surface area is 212 Å². The van der Waals surface area contributed by atoms with Crippen molar-refractivity contribution in [1.82, 2.24) is 20.1 Å². The molecule has 0 aliphatic rings. The van der Waals surface area contributed by atoms with Crippen LogP contribution in [0.25, 0.3) is 0 Å². The third-order valence-corrected chi connectivity index (χ3v) is 6.19. The number of sulfone groups is 1. The van der Waals surface area contributed by atoms with Gasteiger partial charge in [0.25, 0.3) is 5.91 Å². The summed E-state index contributed by atoms with van der Waals surface area (Å²) in [6, 6.07) is 8.74. The molecule has 1 aromatic carbocycles. The standard InChI is InChI=1S/C24H25F2N5O5S/c1-14-20(21(32)29-12-15-9-10-16(13-28-15)37(5,33)34)30-31(24(2,3)4)22(14)35-18-7-6-8-19(17(18)11-27)36-23(25)26/h6-10,13,23H,12H2,1-5H3,(H,29,32). The van der Waals surface area contributed by atoms with Crippen LogP contribution in [0.4, 0.5) is 8.78 Å². The Morgan fingerprint density at radius 2 is 1.89 bits per heavy atom. The van der Waals surface area contributed by atoms with Crippen LogP contribution in [-0.2, 0) is 21.9 Å². The Bertz CT molecular complexity index is 1460. The molecule has 196 valence electrons. The van der Waals surface area contributed by atoms with E-state index < -0.39 is 27.9 Å². The van der Waals surface area contributed by atoms with Crippen molar-refractivity contribution >= 4 is 15.7 Å². The molecule has 10 nitrogen and oxygen atoms in total. The Kier molecular flexibility index (Phi) is 7.83. The van der Waals surface area contributed by atoms with Crippen molar-refractivity contribution < 1.29 is 31.5 Å². The molecule has 13 heteroatoms. The number of nitrogens with zero attached hydrogens (tertiary/aromatic N) is 4. The number of carbonyl (C=O) groups is 1. The highest BCUT2D eigenvalue weighted by molar-refractivity contribution is 7.90. The maximum atomic E-state index is 13.0. The average molecular weight is 534 g/mol. The highest BCUT2D eigenvalue weighted by Gasteiger charge is 2.29. The summed E-state index contributed by atoms with van der Waals surface area (Å²) in [7, 11) is -3.40. The zero-order valence-corrected chi connectivity index (χ0v) is 21.6. The number of benzene rings is 1. The summed E-state index contributed by atoms with van der Waals surface area (Å²) >= 11 is 0. The number of hydrogen-bond donors (Lipinski definition) is 1. The number of nitrogens with one attached hydrogen (secondary N) is 1. The lowest BCUT2D eigenvalue weighted by molar-refractivity contribution is -0.0501. The Hall–Kier alpha value is -4.05. The van der Waals surface area contributed by atoms with E-state index in [1.165, 1.54) is 41.2 Å². The number of alkyl halides is 2. The molecule has 1 N–H and O–H groups in total. The van der Waals surface area contributed by atoms with Crippen LogP contribution in [0.15, 0.2) is 41.4 Å². The second kappa shape index (κ2) is 10.5. The highest BCUT2D eigenvalue weighted by Crippen LogP contribution is 2.36. The predicted molar refractivity (Wildman–Crippen MR) is 128 cm³/mol. The van der Waals surface area contributed by atoms with Crippen LogP contribution in [0.3, 0.4) is 0 Å². The number of pyridine rings is 1. The van der Waals surface area contributed by atoms with Crippen molar-refractivity contribution in [1.29, 1.82) is 5.26 Å². The van der Waals surface area contributed by atoms with E-state index in [-0.39, 0.29) is 40.1 Å². The molecule has 0 bridgehead atoms. The maximum Gasteiger partial charge on any atom is 0.387 e. The van der Waals surface area contributed by atoms with E-state index in [2.05, 4.69) is 20.1 Å². The van der Waals surface area contributed by atoms with Gasteiger partial charge < -0.3 is 14.8 Å². The summed E-state index contributed by atoms with van der Waals surface area (Å²) in [5.74, 6) is -0.799. The number of carbonyl (C=O) groups excluding carboxylic acids is 1. The fourth-order valence-electron chi connectivity index (χ4n) is 3.26. The normalized spacial score (nSPS) is 11.8. The van der Waals surface area contributed by atoms with E-state index in [0.29, 0.717) is 11.3 Å². The third kappa shape index (κ3) is 6.39. The van der Waals surface area contributed by atoms with Crippen LogP contribution in [0.2, 0.25) is 0 Å². The molecule has 0 aliphatic heterocycles. The number of nitriles is 1. The average Bonchev–Trinajstić information content (AvgIpc) is 3.13. The van der Waals surface area contributed by atoms with Gasteiger partial charge >= 0.3 is 6.61 Å². The first-order valence-electron chi connectivity index (χ1n) is 10.9. The Morgan fingerprint density at radius 1 is 1.22 bits per heavy atom. The molecule has 0 saturated carbocycles. The van der Waals surface area contributed by atoms with Crippen LogP contribution in [0.1, 0.15) is 48.1 Å². The van der Waals surface area contributed by atoms with Gasteiger partial charge in [0.05, 0.1) is 22.7 Å². The number of amides is 1. The summed E-state index contributed by atoms with van der Waals surface area (Å²) in [4.78, 5) is 17.1. The van der Waals surface area contributed by atoms with E-state index in [1.807, 2.05) is 26.8 Å². The van der Waals surface area contributed by atoms with Crippen molar-refractivity contribution in [2.75, 3.05) is 6.26 Å². The first-order valence-corrected chi connectivity index (χ1v) is 12.8. The molecule has 3 rings (SSSR count). The van der Waals surface area contributed by atoms with Crippen LogP contribution in [0, 0.1) is 18.3 Å². The second-order valence-electron chi connectivity index (χ2n) is 9.02. The third-order valence-electron chi connectivity index (χ3n) is 5.10. The van der Waals surface area contributed by atoms with Gasteiger partial charge in [0.2, 0.25) is 5.88 Å². The monoisotopic (exact) mass is 533 g/mol. The predicted octanol–water partition coefficient (Wildman–Crippen LogP) is 3.94. The smallest absolute Gasteiger partial charge is 0.387 e. The summed E-state index contributed by atoms with van der Waals surface area (Å²) in [5.41, 5.74) is -0.0860. The van der Waals surface area contributed by atoms with Gasteiger partial charge in [-0.2, -0.15) is 19.1 Å². The van der Waals surface area contributed by atoms with Crippen LogP contribution >= 0.6 is 0 Å². The molecular weight excluding hydrogens is 508 g/mol. The molecule has 0 atom stereocenters. The molecule has 2 heterocycles. The van der Waals surface area contributed by atoms with Crippen LogP contribution in [-0.4, -0.2) is 42.0 Å². The number of hydrogen-bond acceptors (Lipinski definition) is 8. The van der Waals surface area contributed by atoms with Gasteiger partial charge in [-0.25, -0.2) is 13.1 Å². The molecular formula is C24H25F2N5O5S. The van der Waals surface area contributed by atoms with Crippen molar-refractivity contribution in [3.63, 3.8) is 0 Å². The SMILES string of the molecule is Cc1c(C(=O)NCc2ccc(S(C)(=O)=O)cn2)nn(C(C)(C)C)c1Oc1cccc(OC(F)F)c1C#N. The molecule has 0 radical (unpaired) electrons. The minimum atomic E-state index is -3.40. The van der Waals surface area contributed by atoms with E-state index in [9.17, 15) is 27.3 Å². The molecule has 0 aliphatic carbocycles. The number of halogens is 2. The van der Waals surface area contributed by atoms with Crippen molar-refractivity contribution in [3.8, 4) is 23.4 Å². The van der Waals surface area contributed by atoms with Crippen molar-refractivity contribution in [2.24, 2.45) is 0 Å². The lowest BCUT2D eigenvalue weighted by Crippen LogP contribution is -2.27. The number of ether oxygens (including phenoxy) is 2. The van der Waals surface area contributed by atoms with Gasteiger partial charge in [-0.05, 0) is 52.0 Å². The Morgan fingerprint density at radius 3 is 2.43 bits per heavy atom. The molecule has 1 amide bonds. The zero-order valence-electron chi connectivity index (χ0n) is 20.7. The van der Waals surface area contributed by atoms with E-state index >= 15 is 0 Å². The molecule has 2 aromatic heterocycles. The highest BCUT2D eigenvalue weighted by atomic mass is 32.2. The fourth-order valence-corrected chi connectivity index (χ4v) is 3.82.